The van der Waals surface area contributed by atoms with E-state index in [4.69, 9.17) is 81.2 Å². The maximum atomic E-state index is 6.40. The SMILES string of the molecule is ClCC1(C(Cl)Cl)C2C=C(Cl)C1(CCl)[C@H](Cl)[C@H]2Cl. The van der Waals surface area contributed by atoms with Gasteiger partial charge in [-0.2, -0.15) is 0 Å². The zero-order valence-corrected chi connectivity index (χ0v) is 13.7. The van der Waals surface area contributed by atoms with Crippen molar-refractivity contribution >= 4 is 81.2 Å². The molecule has 1 saturated carbocycles. The first-order valence-electron chi connectivity index (χ1n) is 4.96. The molecule has 1 fully saturated rings. The van der Waals surface area contributed by atoms with E-state index < -0.39 is 21.0 Å². The van der Waals surface area contributed by atoms with Crippen molar-refractivity contribution in [2.24, 2.45) is 16.7 Å². The lowest BCUT2D eigenvalue weighted by Crippen LogP contribution is -2.49. The third kappa shape index (κ3) is 1.59. The van der Waals surface area contributed by atoms with Crippen molar-refractivity contribution in [2.75, 3.05) is 11.8 Å². The lowest BCUT2D eigenvalue weighted by Gasteiger charge is -2.44. The average Bonchev–Trinajstić information content (AvgIpc) is 2.65. The maximum absolute atomic E-state index is 6.40. The van der Waals surface area contributed by atoms with Crippen molar-refractivity contribution in [3.8, 4) is 0 Å². The zero-order chi connectivity index (χ0) is 13.0. The molecule has 2 rings (SSSR count). The summed E-state index contributed by atoms with van der Waals surface area (Å²) in [4.78, 5) is -0.735. The van der Waals surface area contributed by atoms with Gasteiger partial charge in [0.05, 0.1) is 10.8 Å². The second kappa shape index (κ2) is 4.95. The van der Waals surface area contributed by atoms with E-state index in [1.165, 1.54) is 0 Å². The molecule has 0 radical (unpaired) electrons. The maximum Gasteiger partial charge on any atom is 0.116 e. The molecule has 0 aromatic carbocycles. The normalized spacial score (nSPS) is 48.9. The largest absolute Gasteiger partial charge is 0.126 e. The Hall–Kier alpha value is 1.77. The molecule has 0 heterocycles. The molecule has 0 spiro atoms. The molecular formula is C10H9Cl7. The minimum atomic E-state index is -0.745. The summed E-state index contributed by atoms with van der Waals surface area (Å²) < 4.78 is 0. The molecule has 17 heavy (non-hydrogen) atoms. The van der Waals surface area contributed by atoms with Gasteiger partial charge in [0.1, 0.15) is 4.84 Å². The second-order valence-corrected chi connectivity index (χ2v) is 7.48. The second-order valence-electron chi connectivity index (χ2n) is 4.47. The number of hydrogen-bond acceptors (Lipinski definition) is 0. The van der Waals surface area contributed by atoms with Crippen LogP contribution in [0, 0.1) is 16.7 Å². The van der Waals surface area contributed by atoms with Crippen LogP contribution in [0.25, 0.3) is 0 Å². The van der Waals surface area contributed by atoms with Crippen LogP contribution in [0.15, 0.2) is 11.1 Å². The molecule has 2 aliphatic rings. The van der Waals surface area contributed by atoms with Gasteiger partial charge in [0.2, 0.25) is 0 Å². The van der Waals surface area contributed by atoms with Gasteiger partial charge in [0, 0.05) is 33.5 Å². The Morgan fingerprint density at radius 2 is 1.76 bits per heavy atom. The van der Waals surface area contributed by atoms with Gasteiger partial charge < -0.3 is 0 Å². The highest BCUT2D eigenvalue weighted by Gasteiger charge is 2.74. The highest BCUT2D eigenvalue weighted by Crippen LogP contribution is 2.72. The van der Waals surface area contributed by atoms with E-state index in [1.54, 1.807) is 0 Å². The van der Waals surface area contributed by atoms with Gasteiger partial charge in [-0.05, 0) is 0 Å². The molecule has 7 heteroatoms. The quantitative estimate of drug-likeness (QED) is 0.592. The van der Waals surface area contributed by atoms with E-state index in [2.05, 4.69) is 0 Å². The highest BCUT2D eigenvalue weighted by molar-refractivity contribution is 6.46. The molecule has 3 unspecified atom stereocenters. The Kier molecular flexibility index (Phi) is 4.42. The third-order valence-electron chi connectivity index (χ3n) is 4.09. The summed E-state index contributed by atoms with van der Waals surface area (Å²) in [5, 5.41) is -0.180. The van der Waals surface area contributed by atoms with Gasteiger partial charge in [-0.1, -0.05) is 17.7 Å². The fraction of sp³-hybridized carbons (Fsp3) is 0.800. The monoisotopic (exact) mass is 374 g/mol. The Bertz CT molecular complexity index is 355. The highest BCUT2D eigenvalue weighted by atomic mass is 35.5. The predicted molar refractivity (Wildman–Crippen MR) is 78.5 cm³/mol. The first-order valence-corrected chi connectivity index (χ1v) is 8.15. The summed E-state index contributed by atoms with van der Waals surface area (Å²) in [7, 11) is 0. The summed E-state index contributed by atoms with van der Waals surface area (Å²) in [5.41, 5.74) is -1.44. The summed E-state index contributed by atoms with van der Waals surface area (Å²) in [6.07, 6.45) is 1.85. The molecule has 0 N–H and O–H groups in total. The number of allylic oxidation sites excluding steroid dienone is 2. The Morgan fingerprint density at radius 1 is 1.18 bits per heavy atom. The Morgan fingerprint density at radius 3 is 2.12 bits per heavy atom. The van der Waals surface area contributed by atoms with Gasteiger partial charge in [-0.15, -0.1) is 69.6 Å². The lowest BCUT2D eigenvalue weighted by atomic mass is 9.69. The minimum absolute atomic E-state index is 0.157. The van der Waals surface area contributed by atoms with E-state index >= 15 is 0 Å². The number of alkyl halides is 6. The van der Waals surface area contributed by atoms with Crippen LogP contribution in [0.3, 0.4) is 0 Å². The van der Waals surface area contributed by atoms with E-state index in [9.17, 15) is 0 Å². The van der Waals surface area contributed by atoms with E-state index in [0.29, 0.717) is 5.03 Å². The van der Waals surface area contributed by atoms with E-state index in [0.717, 1.165) is 0 Å². The number of halogens is 7. The molecule has 0 aromatic heterocycles. The molecule has 2 bridgehead atoms. The average molecular weight is 377 g/mol. The first-order chi connectivity index (χ1) is 7.90. The van der Waals surface area contributed by atoms with E-state index in [-0.39, 0.29) is 23.1 Å². The van der Waals surface area contributed by atoms with Crippen LogP contribution in [0.2, 0.25) is 0 Å². The molecule has 98 valence electrons. The third-order valence-corrected chi connectivity index (χ3v) is 7.49. The van der Waals surface area contributed by atoms with Crippen LogP contribution in [-0.4, -0.2) is 27.4 Å². The molecule has 0 nitrogen and oxygen atoms in total. The standard InChI is InChI=1S/C10H9Cl7/c11-2-9(8(16)17)4-1-5(13)10(9,3-12)7(15)6(4)14/h1,4,6-8H,2-3H2/t4?,6-,7+,9?,10?/m0/s1. The van der Waals surface area contributed by atoms with Gasteiger partial charge in [-0.3, -0.25) is 0 Å². The van der Waals surface area contributed by atoms with Crippen molar-refractivity contribution in [3.05, 3.63) is 11.1 Å². The molecule has 2 aliphatic carbocycles. The number of hydrogen-bond donors (Lipinski definition) is 0. The first kappa shape index (κ1) is 15.2. The molecule has 0 aliphatic heterocycles. The molecule has 0 amide bonds. The van der Waals surface area contributed by atoms with Crippen LogP contribution in [0.5, 0.6) is 0 Å². The molecular weight excluding hydrogens is 368 g/mol. The summed E-state index contributed by atoms with van der Waals surface area (Å²) >= 11 is 43.5. The Balaban J connectivity index is 2.64. The number of fused-ring (bicyclic) bond motifs is 2. The Labute approximate surface area is 135 Å². The molecule has 0 aromatic rings. The van der Waals surface area contributed by atoms with Crippen molar-refractivity contribution in [1.82, 2.24) is 0 Å². The lowest BCUT2D eigenvalue weighted by molar-refractivity contribution is 0.180. The van der Waals surface area contributed by atoms with Crippen LogP contribution < -0.4 is 0 Å². The fourth-order valence-electron chi connectivity index (χ4n) is 3.06. The van der Waals surface area contributed by atoms with Crippen LogP contribution in [0.1, 0.15) is 0 Å². The van der Waals surface area contributed by atoms with Crippen molar-refractivity contribution in [3.63, 3.8) is 0 Å². The van der Waals surface area contributed by atoms with Crippen LogP contribution in [-0.2, 0) is 0 Å². The summed E-state index contributed by atoms with van der Waals surface area (Å²) in [6.45, 7) is 0. The van der Waals surface area contributed by atoms with Gasteiger partial charge in [0.25, 0.3) is 0 Å². The summed E-state index contributed by atoms with van der Waals surface area (Å²) in [6, 6.07) is 0. The molecule has 0 saturated heterocycles. The fourth-order valence-corrected chi connectivity index (χ4v) is 6.95. The van der Waals surface area contributed by atoms with Crippen LogP contribution in [0.4, 0.5) is 0 Å². The molecule has 5 atom stereocenters. The van der Waals surface area contributed by atoms with Gasteiger partial charge >= 0.3 is 0 Å². The minimum Gasteiger partial charge on any atom is -0.126 e. The van der Waals surface area contributed by atoms with Crippen molar-refractivity contribution in [2.45, 2.75) is 15.6 Å². The van der Waals surface area contributed by atoms with E-state index in [1.807, 2.05) is 6.08 Å². The summed E-state index contributed by atoms with van der Waals surface area (Å²) in [5.74, 6) is 0.246. The smallest absolute Gasteiger partial charge is 0.116 e. The zero-order valence-electron chi connectivity index (χ0n) is 8.45. The predicted octanol–water partition coefficient (Wildman–Crippen LogP) is 5.22. The van der Waals surface area contributed by atoms with Crippen molar-refractivity contribution in [1.29, 1.82) is 0 Å². The number of rotatable bonds is 3. The van der Waals surface area contributed by atoms with Crippen LogP contribution >= 0.6 is 81.2 Å². The van der Waals surface area contributed by atoms with Crippen molar-refractivity contribution < 1.29 is 0 Å². The topological polar surface area (TPSA) is 0 Å². The van der Waals surface area contributed by atoms with Gasteiger partial charge in [0.15, 0.2) is 0 Å². The van der Waals surface area contributed by atoms with Gasteiger partial charge in [-0.25, -0.2) is 0 Å².